The van der Waals surface area contributed by atoms with E-state index in [2.05, 4.69) is 292 Å². The lowest BCUT2D eigenvalue weighted by atomic mass is 9.30. The van der Waals surface area contributed by atoms with E-state index in [1.54, 1.807) is 11.0 Å². The van der Waals surface area contributed by atoms with Gasteiger partial charge < -0.3 is 4.90 Å². The van der Waals surface area contributed by atoms with Crippen molar-refractivity contribution >= 4 is 34.7 Å². The topological polar surface area (TPSA) is 3.24 Å². The molecule has 1 heterocycles. The van der Waals surface area contributed by atoms with Crippen molar-refractivity contribution in [3.63, 3.8) is 0 Å². The molecule has 8 aromatic carbocycles. The van der Waals surface area contributed by atoms with Gasteiger partial charge in [-0.25, -0.2) is 0 Å². The molecule has 1 nitrogen and oxygen atoms in total. The number of rotatable bonds is 9. The first-order valence-corrected chi connectivity index (χ1v) is 32.0. The van der Waals surface area contributed by atoms with Crippen LogP contribution in [0, 0.1) is 19.3 Å². The Kier molecular flexibility index (Phi) is 14.1. The first kappa shape index (κ1) is 57.8. The molecule has 0 aromatic heterocycles. The van der Waals surface area contributed by atoms with Crippen molar-refractivity contribution in [2.45, 2.75) is 201 Å². The normalized spacial score (nSPS) is 19.8. The van der Waals surface area contributed by atoms with Crippen LogP contribution in [-0.4, -0.2) is 6.71 Å². The SMILES string of the molecule is Cc1cc(C(Cc2ccc(-c3ccccc3)cc2)c2ccc(-c3ccccc3)cc2)cc2c1B(c1cc(C(C)(C)C)cc(C3(C)CCCCC3(C)C)c1C)C1=C(c3cc4c(cc3C1(C)C)C(C)(C)CCC4(C)C)N2c1ccc(C(C)(C)C)cc1. The van der Waals surface area contributed by atoms with Gasteiger partial charge in [0.25, 0.3) is 0 Å². The number of anilines is 2. The van der Waals surface area contributed by atoms with E-state index in [-0.39, 0.29) is 50.5 Å². The van der Waals surface area contributed by atoms with Gasteiger partial charge in [0.05, 0.1) is 0 Å². The van der Waals surface area contributed by atoms with Crippen molar-refractivity contribution < 1.29 is 0 Å². The Morgan fingerprint density at radius 3 is 1.58 bits per heavy atom. The maximum atomic E-state index is 2.78. The number of aryl methyl sites for hydroxylation is 1. The minimum absolute atomic E-state index is 0.0000800. The lowest BCUT2D eigenvalue weighted by Crippen LogP contribution is -2.55. The number of nitrogens with zero attached hydrogens (tertiary/aromatic N) is 1. The number of benzene rings is 8. The van der Waals surface area contributed by atoms with Crippen molar-refractivity contribution in [1.82, 2.24) is 0 Å². The van der Waals surface area contributed by atoms with E-state index in [4.69, 9.17) is 0 Å². The van der Waals surface area contributed by atoms with Gasteiger partial charge in [-0.2, -0.15) is 0 Å². The van der Waals surface area contributed by atoms with Gasteiger partial charge in [0, 0.05) is 34.0 Å². The van der Waals surface area contributed by atoms with Gasteiger partial charge in [-0.15, -0.1) is 0 Å². The second kappa shape index (κ2) is 20.5. The summed E-state index contributed by atoms with van der Waals surface area (Å²) >= 11 is 0. The van der Waals surface area contributed by atoms with Crippen molar-refractivity contribution in [1.29, 1.82) is 0 Å². The zero-order valence-corrected chi connectivity index (χ0v) is 54.2. The fraction of sp³-hybridized carbons (Fsp3) is 0.390. The van der Waals surface area contributed by atoms with Crippen molar-refractivity contribution in [3.05, 3.63) is 242 Å². The molecule has 0 spiro atoms. The minimum Gasteiger partial charge on any atom is -0.311 e. The molecule has 0 radical (unpaired) electrons. The summed E-state index contributed by atoms with van der Waals surface area (Å²) in [5.74, 6) is 0.0775. The van der Waals surface area contributed by atoms with Crippen LogP contribution in [0.25, 0.3) is 28.0 Å². The molecule has 2 unspecified atom stereocenters. The first-order chi connectivity index (χ1) is 39.6. The van der Waals surface area contributed by atoms with Gasteiger partial charge in [-0.05, 0) is 180 Å². The molecule has 1 saturated carbocycles. The summed E-state index contributed by atoms with van der Waals surface area (Å²) in [6.07, 6.45) is 8.26. The molecule has 2 atom stereocenters. The highest BCUT2D eigenvalue weighted by atomic mass is 15.2. The molecule has 430 valence electrons. The van der Waals surface area contributed by atoms with Crippen LogP contribution in [0.2, 0.25) is 0 Å². The standard InChI is InChI=1S/C82H94BN/c1-53-46-61(65(60-36-34-59(35-37-60)57-28-22-19-23-29-57)47-55-30-32-58(33-31-55)56-26-20-18-21-27-56)48-72-73(53)83(71-50-63(77(6,7)8)49-67(54(71)2)82(17)43-25-24-42-80(82,13)14)75-74(84(72)64-40-38-62(39-41-64)76(3,4)5)66-51-69-70(52-68(66)81(75,15)16)79(11,12)45-44-78(69,9)10/h18-23,26-41,46,48-52,65H,24-25,42-45,47H2,1-17H3. The lowest BCUT2D eigenvalue weighted by Gasteiger charge is -2.50. The second-order valence-electron chi connectivity index (χ2n) is 31.2. The highest BCUT2D eigenvalue weighted by molar-refractivity contribution is 6.94. The third-order valence-electron chi connectivity index (χ3n) is 22.0. The zero-order chi connectivity index (χ0) is 59.7. The largest absolute Gasteiger partial charge is 0.311 e. The van der Waals surface area contributed by atoms with Crippen molar-refractivity contribution in [3.8, 4) is 22.3 Å². The molecule has 8 aromatic rings. The molecule has 1 fully saturated rings. The quantitative estimate of drug-likeness (QED) is 0.130. The first-order valence-electron chi connectivity index (χ1n) is 32.0. The summed E-state index contributed by atoms with van der Waals surface area (Å²) < 4.78 is 0. The maximum absolute atomic E-state index is 2.78. The fourth-order valence-electron chi connectivity index (χ4n) is 16.0. The van der Waals surface area contributed by atoms with E-state index in [1.165, 1.54) is 150 Å². The van der Waals surface area contributed by atoms with Gasteiger partial charge in [-0.3, -0.25) is 0 Å². The predicted octanol–water partition coefficient (Wildman–Crippen LogP) is 20.8. The monoisotopic (exact) mass is 1100 g/mol. The summed E-state index contributed by atoms with van der Waals surface area (Å²) in [5, 5.41) is 0. The Morgan fingerprint density at radius 2 is 1.02 bits per heavy atom. The average Bonchev–Trinajstić information content (AvgIpc) is 1.56. The van der Waals surface area contributed by atoms with E-state index in [0.717, 1.165) is 6.42 Å². The molecule has 84 heavy (non-hydrogen) atoms. The zero-order valence-electron chi connectivity index (χ0n) is 54.2. The fourth-order valence-corrected chi connectivity index (χ4v) is 16.0. The molecule has 0 amide bonds. The van der Waals surface area contributed by atoms with Crippen LogP contribution in [0.5, 0.6) is 0 Å². The van der Waals surface area contributed by atoms with E-state index in [9.17, 15) is 0 Å². The highest BCUT2D eigenvalue weighted by Crippen LogP contribution is 2.59. The van der Waals surface area contributed by atoms with Crippen LogP contribution in [0.1, 0.15) is 215 Å². The van der Waals surface area contributed by atoms with Crippen LogP contribution in [0.4, 0.5) is 11.4 Å². The van der Waals surface area contributed by atoms with E-state index >= 15 is 0 Å². The van der Waals surface area contributed by atoms with E-state index < -0.39 is 0 Å². The summed E-state index contributed by atoms with van der Waals surface area (Å²) in [5.41, 5.74) is 30.5. The van der Waals surface area contributed by atoms with Crippen LogP contribution < -0.4 is 15.8 Å². The van der Waals surface area contributed by atoms with Crippen LogP contribution in [0.15, 0.2) is 175 Å². The Bertz CT molecular complexity index is 3830. The Labute approximate surface area is 507 Å². The maximum Gasteiger partial charge on any atom is 0.243 e. The van der Waals surface area contributed by atoms with Gasteiger partial charge in [0.1, 0.15) is 0 Å². The molecule has 1 aliphatic heterocycles. The molecular formula is C82H94BN. The Morgan fingerprint density at radius 1 is 0.488 bits per heavy atom. The molecule has 0 N–H and O–H groups in total. The predicted molar refractivity (Wildman–Crippen MR) is 364 cm³/mol. The number of hydrogen-bond acceptors (Lipinski definition) is 1. The molecule has 0 saturated heterocycles. The summed E-state index contributed by atoms with van der Waals surface area (Å²) in [7, 11) is 0. The molecule has 0 bridgehead atoms. The van der Waals surface area contributed by atoms with E-state index in [1.807, 2.05) is 0 Å². The second-order valence-corrected chi connectivity index (χ2v) is 31.2. The minimum atomic E-state index is -0.304. The summed E-state index contributed by atoms with van der Waals surface area (Å²) in [4.78, 5) is 2.78. The highest BCUT2D eigenvalue weighted by Gasteiger charge is 2.53. The smallest absolute Gasteiger partial charge is 0.243 e. The third-order valence-corrected chi connectivity index (χ3v) is 22.0. The van der Waals surface area contributed by atoms with Crippen LogP contribution in [-0.2, 0) is 38.9 Å². The summed E-state index contributed by atoms with van der Waals surface area (Å²) in [6, 6.07) is 66.6. The molecule has 3 aliphatic carbocycles. The Balaban J connectivity index is 1.17. The van der Waals surface area contributed by atoms with Crippen molar-refractivity contribution in [2.75, 3.05) is 4.90 Å². The molecule has 2 heteroatoms. The van der Waals surface area contributed by atoms with Gasteiger partial charge in [-0.1, -0.05) is 284 Å². The van der Waals surface area contributed by atoms with Crippen LogP contribution >= 0.6 is 0 Å². The van der Waals surface area contributed by atoms with E-state index in [0.29, 0.717) is 0 Å². The number of hydrogen-bond donors (Lipinski definition) is 0. The van der Waals surface area contributed by atoms with Gasteiger partial charge in [0.15, 0.2) is 0 Å². The van der Waals surface area contributed by atoms with Gasteiger partial charge in [0.2, 0.25) is 6.71 Å². The average molecular weight is 1100 g/mol. The lowest BCUT2D eigenvalue weighted by molar-refractivity contribution is 0.108. The number of fused-ring (bicyclic) bond motifs is 4. The molecule has 12 rings (SSSR count). The van der Waals surface area contributed by atoms with Crippen LogP contribution in [0.3, 0.4) is 0 Å². The van der Waals surface area contributed by atoms with Gasteiger partial charge >= 0.3 is 0 Å². The van der Waals surface area contributed by atoms with Crippen molar-refractivity contribution in [2.24, 2.45) is 5.41 Å². The summed E-state index contributed by atoms with van der Waals surface area (Å²) in [6.45, 7) is 42.4. The molecule has 4 aliphatic rings. The Hall–Kier alpha value is -6.64. The third kappa shape index (κ3) is 9.79. The molecular weight excluding hydrogens is 1010 g/mol. The number of allylic oxidation sites excluding steroid dienone is 1.